The van der Waals surface area contributed by atoms with Crippen molar-refractivity contribution in [1.29, 1.82) is 5.26 Å². The van der Waals surface area contributed by atoms with Gasteiger partial charge in [0.2, 0.25) is 0 Å². The van der Waals surface area contributed by atoms with Crippen LogP contribution in [0.15, 0.2) is 60.7 Å². The summed E-state index contributed by atoms with van der Waals surface area (Å²) in [6, 6.07) is 17.9. The summed E-state index contributed by atoms with van der Waals surface area (Å²) in [6.07, 6.45) is 0. The van der Waals surface area contributed by atoms with Crippen molar-refractivity contribution >= 4 is 52.2 Å². The Morgan fingerprint density at radius 2 is 1.81 bits per heavy atom. The smallest absolute Gasteiger partial charge is 0.299 e. The number of carbonyl (C=O) groups excluding carboxylic acids is 3. The largest absolute Gasteiger partial charge is 0.322 e. The van der Waals surface area contributed by atoms with E-state index in [-0.39, 0.29) is 12.1 Å². The van der Waals surface area contributed by atoms with Crippen LogP contribution in [0, 0.1) is 11.3 Å². The molecule has 0 saturated carbocycles. The maximum absolute atomic E-state index is 12.5. The SMILES string of the molecule is N#Cc1cccc(C(=O)Nc2ccc3c(c2)C(=O)C(=O)N3Cc2ccc(Cl)c(Cl)c2)c1. The first-order chi connectivity index (χ1) is 14.9. The Balaban J connectivity index is 1.58. The Hall–Kier alpha value is -3.66. The number of anilines is 2. The van der Waals surface area contributed by atoms with Gasteiger partial charge in [0.15, 0.2) is 0 Å². The first kappa shape index (κ1) is 20.6. The van der Waals surface area contributed by atoms with Gasteiger partial charge < -0.3 is 10.2 Å². The Morgan fingerprint density at radius 3 is 2.55 bits per heavy atom. The van der Waals surface area contributed by atoms with Gasteiger partial charge in [-0.3, -0.25) is 14.4 Å². The molecule has 0 aliphatic carbocycles. The second-order valence-corrected chi connectivity index (χ2v) is 7.66. The molecule has 6 nitrogen and oxygen atoms in total. The first-order valence-corrected chi connectivity index (χ1v) is 9.88. The number of nitrogens with zero attached hydrogens (tertiary/aromatic N) is 2. The minimum absolute atomic E-state index is 0.154. The minimum Gasteiger partial charge on any atom is -0.322 e. The quantitative estimate of drug-likeness (QED) is 0.576. The fourth-order valence-corrected chi connectivity index (χ4v) is 3.61. The summed E-state index contributed by atoms with van der Waals surface area (Å²) in [4.78, 5) is 38.9. The van der Waals surface area contributed by atoms with Gasteiger partial charge in [0, 0.05) is 11.3 Å². The summed E-state index contributed by atoms with van der Waals surface area (Å²) in [5.74, 6) is -1.75. The molecule has 1 N–H and O–H groups in total. The number of Topliss-reactive ketones (excluding diaryl/α,β-unsaturated/α-hetero) is 1. The number of carbonyl (C=O) groups is 3. The molecule has 4 rings (SSSR count). The average Bonchev–Trinajstić information content (AvgIpc) is 3.00. The summed E-state index contributed by atoms with van der Waals surface area (Å²) in [7, 11) is 0. The van der Waals surface area contributed by atoms with Crippen LogP contribution in [-0.2, 0) is 11.3 Å². The van der Waals surface area contributed by atoms with Gasteiger partial charge in [-0.1, -0.05) is 35.3 Å². The second-order valence-electron chi connectivity index (χ2n) is 6.85. The van der Waals surface area contributed by atoms with Crippen LogP contribution in [0.25, 0.3) is 0 Å². The minimum atomic E-state index is -0.661. The molecule has 0 unspecified atom stereocenters. The lowest BCUT2D eigenvalue weighted by Crippen LogP contribution is -2.29. The van der Waals surface area contributed by atoms with Gasteiger partial charge >= 0.3 is 0 Å². The fraction of sp³-hybridized carbons (Fsp3) is 0.0435. The maximum Gasteiger partial charge on any atom is 0.299 e. The second kappa shape index (κ2) is 8.23. The van der Waals surface area contributed by atoms with Crippen LogP contribution >= 0.6 is 23.2 Å². The van der Waals surface area contributed by atoms with Gasteiger partial charge in [-0.25, -0.2) is 0 Å². The zero-order chi connectivity index (χ0) is 22.1. The highest BCUT2D eigenvalue weighted by Crippen LogP contribution is 2.33. The van der Waals surface area contributed by atoms with Crippen molar-refractivity contribution in [3.05, 3.63) is 93.0 Å². The highest BCUT2D eigenvalue weighted by atomic mass is 35.5. The lowest BCUT2D eigenvalue weighted by molar-refractivity contribution is -0.114. The molecule has 0 atom stereocenters. The molecule has 0 spiro atoms. The monoisotopic (exact) mass is 449 g/mol. The summed E-state index contributed by atoms with van der Waals surface area (Å²) >= 11 is 12.0. The molecule has 1 aliphatic rings. The van der Waals surface area contributed by atoms with E-state index in [2.05, 4.69) is 5.32 Å². The highest BCUT2D eigenvalue weighted by molar-refractivity contribution is 6.52. The predicted molar refractivity (Wildman–Crippen MR) is 118 cm³/mol. The van der Waals surface area contributed by atoms with Crippen LogP contribution < -0.4 is 10.2 Å². The van der Waals surface area contributed by atoms with Crippen LogP contribution in [0.2, 0.25) is 10.0 Å². The Kier molecular flexibility index (Phi) is 5.47. The van der Waals surface area contributed by atoms with E-state index in [0.717, 1.165) is 5.56 Å². The number of rotatable bonds is 4. The van der Waals surface area contributed by atoms with E-state index >= 15 is 0 Å². The van der Waals surface area contributed by atoms with Crippen LogP contribution in [0.5, 0.6) is 0 Å². The Bertz CT molecular complexity index is 1300. The van der Waals surface area contributed by atoms with Crippen molar-refractivity contribution < 1.29 is 14.4 Å². The molecule has 1 heterocycles. The Morgan fingerprint density at radius 1 is 1.00 bits per heavy atom. The van der Waals surface area contributed by atoms with Gasteiger partial charge in [0.05, 0.1) is 39.5 Å². The zero-order valence-electron chi connectivity index (χ0n) is 15.9. The molecule has 2 amide bonds. The molecule has 0 radical (unpaired) electrons. The van der Waals surface area contributed by atoms with Crippen LogP contribution in [-0.4, -0.2) is 17.6 Å². The third kappa shape index (κ3) is 4.02. The normalized spacial score (nSPS) is 12.5. The van der Waals surface area contributed by atoms with Gasteiger partial charge in [0.1, 0.15) is 0 Å². The third-order valence-electron chi connectivity index (χ3n) is 4.81. The lowest BCUT2D eigenvalue weighted by Gasteiger charge is -2.17. The van der Waals surface area contributed by atoms with Crippen LogP contribution in [0.4, 0.5) is 11.4 Å². The van der Waals surface area contributed by atoms with E-state index in [0.29, 0.717) is 32.5 Å². The van der Waals surface area contributed by atoms with E-state index in [1.54, 1.807) is 48.5 Å². The number of halogens is 2. The third-order valence-corrected chi connectivity index (χ3v) is 5.55. The number of nitriles is 1. The molecule has 1 aliphatic heterocycles. The van der Waals surface area contributed by atoms with Gasteiger partial charge in [0.25, 0.3) is 17.6 Å². The molecule has 31 heavy (non-hydrogen) atoms. The summed E-state index contributed by atoms with van der Waals surface area (Å²) in [6.45, 7) is 0.154. The number of hydrogen-bond acceptors (Lipinski definition) is 4. The van der Waals surface area contributed by atoms with E-state index in [4.69, 9.17) is 28.5 Å². The van der Waals surface area contributed by atoms with Gasteiger partial charge in [-0.2, -0.15) is 5.26 Å². The van der Waals surface area contributed by atoms with Crippen molar-refractivity contribution in [1.82, 2.24) is 0 Å². The van der Waals surface area contributed by atoms with Crippen molar-refractivity contribution in [2.45, 2.75) is 6.54 Å². The summed E-state index contributed by atoms with van der Waals surface area (Å²) in [5, 5.41) is 12.4. The average molecular weight is 450 g/mol. The van der Waals surface area contributed by atoms with E-state index < -0.39 is 17.6 Å². The van der Waals surface area contributed by atoms with E-state index in [1.165, 1.54) is 17.0 Å². The molecule has 0 fully saturated rings. The standard InChI is InChI=1S/C23H13Cl2N3O3/c24-18-6-4-14(9-19(18)25)12-28-20-7-5-16(10-17(20)21(29)23(28)31)27-22(30)15-3-1-2-13(8-15)11-26/h1-10H,12H2,(H,27,30). The molecule has 0 aromatic heterocycles. The van der Waals surface area contributed by atoms with E-state index in [1.807, 2.05) is 6.07 Å². The number of hydrogen-bond donors (Lipinski definition) is 1. The van der Waals surface area contributed by atoms with Crippen molar-refractivity contribution in [3.63, 3.8) is 0 Å². The van der Waals surface area contributed by atoms with Gasteiger partial charge in [-0.05, 0) is 54.1 Å². The molecular weight excluding hydrogens is 437 g/mol. The molecule has 3 aromatic carbocycles. The molecule has 0 saturated heterocycles. The maximum atomic E-state index is 12.5. The molecule has 8 heteroatoms. The van der Waals surface area contributed by atoms with Crippen LogP contribution in [0.3, 0.4) is 0 Å². The molecule has 3 aromatic rings. The molecule has 152 valence electrons. The first-order valence-electron chi connectivity index (χ1n) is 9.13. The van der Waals surface area contributed by atoms with Crippen molar-refractivity contribution in [2.24, 2.45) is 0 Å². The van der Waals surface area contributed by atoms with Crippen molar-refractivity contribution in [3.8, 4) is 6.07 Å². The number of ketones is 1. The zero-order valence-corrected chi connectivity index (χ0v) is 17.4. The number of fused-ring (bicyclic) bond motifs is 1. The van der Waals surface area contributed by atoms with Crippen molar-refractivity contribution in [2.75, 3.05) is 10.2 Å². The topological polar surface area (TPSA) is 90.3 Å². The highest BCUT2D eigenvalue weighted by Gasteiger charge is 2.36. The number of amides is 2. The van der Waals surface area contributed by atoms with E-state index in [9.17, 15) is 14.4 Å². The lowest BCUT2D eigenvalue weighted by atomic mass is 10.1. The van der Waals surface area contributed by atoms with Gasteiger partial charge in [-0.15, -0.1) is 0 Å². The summed E-state index contributed by atoms with van der Waals surface area (Å²) < 4.78 is 0. The Labute approximate surface area is 187 Å². The number of nitrogens with one attached hydrogen (secondary N) is 1. The molecule has 0 bridgehead atoms. The predicted octanol–water partition coefficient (Wildman–Crippen LogP) is 4.85. The molecular formula is C23H13Cl2N3O3. The summed E-state index contributed by atoms with van der Waals surface area (Å²) in [5.41, 5.74) is 2.41. The number of benzene rings is 3. The van der Waals surface area contributed by atoms with Crippen LogP contribution in [0.1, 0.15) is 31.8 Å². The fourth-order valence-electron chi connectivity index (χ4n) is 3.29.